The van der Waals surface area contributed by atoms with E-state index in [1.54, 1.807) is 18.4 Å². The Kier molecular flexibility index (Phi) is 7.66. The summed E-state index contributed by atoms with van der Waals surface area (Å²) in [4.78, 5) is 19.5. The highest BCUT2D eigenvalue weighted by Crippen LogP contribution is 2.19. The number of likely N-dealkylation sites (tertiary alicyclic amines) is 1. The standard InChI is InChI=1S/C22H31N5OS/c1-16(20-9-5-11-29-20)26-22(24-2)25-13-17-6-3-7-18(12-17)14-27-10-4-8-19(15-27)21(23)28/h3,5-7,9,11-12,16,19H,4,8,10,13-15H2,1-2H3,(H2,23,28)(H2,24,25,26). The fraction of sp³-hybridized carbons (Fsp3) is 0.455. The molecule has 3 rings (SSSR count). The van der Waals surface area contributed by atoms with E-state index in [0.717, 1.165) is 38.4 Å². The van der Waals surface area contributed by atoms with Crippen molar-refractivity contribution in [3.8, 4) is 0 Å². The summed E-state index contributed by atoms with van der Waals surface area (Å²) in [5.41, 5.74) is 7.96. The van der Waals surface area contributed by atoms with E-state index >= 15 is 0 Å². The Balaban J connectivity index is 1.53. The summed E-state index contributed by atoms with van der Waals surface area (Å²) in [7, 11) is 1.79. The summed E-state index contributed by atoms with van der Waals surface area (Å²) in [6, 6.07) is 13.0. The molecule has 1 fully saturated rings. The molecule has 0 saturated carbocycles. The third kappa shape index (κ3) is 6.30. The molecule has 0 radical (unpaired) electrons. The first kappa shape index (κ1) is 21.3. The SMILES string of the molecule is CN=C(NCc1cccc(CN2CCCC(C(N)=O)C2)c1)NC(C)c1cccs1. The fourth-order valence-corrected chi connectivity index (χ4v) is 4.46. The second-order valence-corrected chi connectivity index (χ2v) is 8.58. The number of benzene rings is 1. The van der Waals surface area contributed by atoms with Crippen molar-refractivity contribution in [1.29, 1.82) is 0 Å². The predicted octanol–water partition coefficient (Wildman–Crippen LogP) is 2.87. The van der Waals surface area contributed by atoms with Crippen LogP contribution in [0.3, 0.4) is 0 Å². The molecule has 0 aliphatic carbocycles. The third-order valence-corrected chi connectivity index (χ3v) is 6.37. The van der Waals surface area contributed by atoms with Crippen LogP contribution < -0.4 is 16.4 Å². The van der Waals surface area contributed by atoms with Crippen LogP contribution in [0, 0.1) is 5.92 Å². The van der Waals surface area contributed by atoms with Gasteiger partial charge in [0.1, 0.15) is 0 Å². The first-order chi connectivity index (χ1) is 14.0. The molecule has 6 nitrogen and oxygen atoms in total. The third-order valence-electron chi connectivity index (χ3n) is 5.31. The van der Waals surface area contributed by atoms with Gasteiger partial charge in [0.25, 0.3) is 0 Å². The highest BCUT2D eigenvalue weighted by atomic mass is 32.1. The Morgan fingerprint density at radius 1 is 1.34 bits per heavy atom. The van der Waals surface area contributed by atoms with E-state index in [1.807, 2.05) is 0 Å². The lowest BCUT2D eigenvalue weighted by Gasteiger charge is -2.31. The van der Waals surface area contributed by atoms with Gasteiger partial charge in [0.2, 0.25) is 5.91 Å². The number of nitrogens with zero attached hydrogens (tertiary/aromatic N) is 2. The van der Waals surface area contributed by atoms with Gasteiger partial charge in [-0.2, -0.15) is 0 Å². The van der Waals surface area contributed by atoms with Crippen molar-refractivity contribution in [2.75, 3.05) is 20.1 Å². The minimum absolute atomic E-state index is 0.0201. The molecule has 2 atom stereocenters. The van der Waals surface area contributed by atoms with Gasteiger partial charge in [0, 0.05) is 31.6 Å². The minimum atomic E-state index is -0.177. The Morgan fingerprint density at radius 3 is 2.90 bits per heavy atom. The molecular formula is C22H31N5OS. The maximum absolute atomic E-state index is 11.5. The van der Waals surface area contributed by atoms with E-state index in [0.29, 0.717) is 6.54 Å². The van der Waals surface area contributed by atoms with Crippen molar-refractivity contribution in [3.63, 3.8) is 0 Å². The number of rotatable bonds is 7. The molecule has 156 valence electrons. The van der Waals surface area contributed by atoms with Crippen molar-refractivity contribution in [1.82, 2.24) is 15.5 Å². The average molecular weight is 414 g/mol. The molecular weight excluding hydrogens is 382 g/mol. The zero-order valence-electron chi connectivity index (χ0n) is 17.2. The van der Waals surface area contributed by atoms with E-state index in [-0.39, 0.29) is 17.9 Å². The van der Waals surface area contributed by atoms with E-state index in [4.69, 9.17) is 5.73 Å². The molecule has 1 amide bonds. The van der Waals surface area contributed by atoms with Crippen molar-refractivity contribution in [2.24, 2.45) is 16.6 Å². The average Bonchev–Trinajstić information content (AvgIpc) is 3.26. The number of nitrogens with two attached hydrogens (primary N) is 1. The summed E-state index contributed by atoms with van der Waals surface area (Å²) in [6.45, 7) is 5.46. The predicted molar refractivity (Wildman–Crippen MR) is 120 cm³/mol. The smallest absolute Gasteiger partial charge is 0.221 e. The van der Waals surface area contributed by atoms with Crippen LogP contribution in [0.4, 0.5) is 0 Å². The van der Waals surface area contributed by atoms with Gasteiger partial charge in [-0.25, -0.2) is 0 Å². The van der Waals surface area contributed by atoms with E-state index in [9.17, 15) is 4.79 Å². The number of carbonyl (C=O) groups is 1. The van der Waals surface area contributed by atoms with Gasteiger partial charge in [-0.3, -0.25) is 14.7 Å². The van der Waals surface area contributed by atoms with Gasteiger partial charge < -0.3 is 16.4 Å². The molecule has 0 bridgehead atoms. The van der Waals surface area contributed by atoms with Crippen molar-refractivity contribution in [2.45, 2.75) is 38.9 Å². The monoisotopic (exact) mass is 413 g/mol. The number of hydrogen-bond donors (Lipinski definition) is 3. The topological polar surface area (TPSA) is 82.8 Å². The van der Waals surface area contributed by atoms with Crippen LogP contribution in [0.15, 0.2) is 46.8 Å². The van der Waals surface area contributed by atoms with Crippen molar-refractivity contribution < 1.29 is 4.79 Å². The number of carbonyl (C=O) groups excluding carboxylic acids is 1. The van der Waals surface area contributed by atoms with Crippen LogP contribution in [0.1, 0.15) is 41.8 Å². The first-order valence-electron chi connectivity index (χ1n) is 10.1. The zero-order chi connectivity index (χ0) is 20.6. The molecule has 1 aromatic carbocycles. The number of guanidine groups is 1. The summed E-state index contributed by atoms with van der Waals surface area (Å²) in [5.74, 6) is 0.591. The van der Waals surface area contributed by atoms with E-state index in [2.05, 4.69) is 69.2 Å². The molecule has 2 heterocycles. The van der Waals surface area contributed by atoms with Gasteiger partial charge in [0.15, 0.2) is 5.96 Å². The summed E-state index contributed by atoms with van der Waals surface area (Å²) >= 11 is 1.74. The first-order valence-corrected chi connectivity index (χ1v) is 11.0. The van der Waals surface area contributed by atoms with Crippen LogP contribution in [0.5, 0.6) is 0 Å². The second kappa shape index (κ2) is 10.4. The van der Waals surface area contributed by atoms with Crippen molar-refractivity contribution >= 4 is 23.2 Å². The molecule has 2 aromatic rings. The Labute approximate surface area is 177 Å². The molecule has 1 aromatic heterocycles. The van der Waals surface area contributed by atoms with Crippen molar-refractivity contribution in [3.05, 3.63) is 57.8 Å². The van der Waals surface area contributed by atoms with Crippen LogP contribution in [0.25, 0.3) is 0 Å². The molecule has 1 aliphatic heterocycles. The molecule has 7 heteroatoms. The number of primary amides is 1. The van der Waals surface area contributed by atoms with Gasteiger partial charge in [0.05, 0.1) is 12.0 Å². The van der Waals surface area contributed by atoms with Gasteiger partial charge in [-0.05, 0) is 48.9 Å². The number of piperidine rings is 1. The number of hydrogen-bond acceptors (Lipinski definition) is 4. The highest BCUT2D eigenvalue weighted by molar-refractivity contribution is 7.10. The molecule has 29 heavy (non-hydrogen) atoms. The second-order valence-electron chi connectivity index (χ2n) is 7.60. The zero-order valence-corrected chi connectivity index (χ0v) is 18.0. The number of nitrogens with one attached hydrogen (secondary N) is 2. The minimum Gasteiger partial charge on any atom is -0.369 e. The van der Waals surface area contributed by atoms with Gasteiger partial charge in [-0.15, -0.1) is 11.3 Å². The summed E-state index contributed by atoms with van der Waals surface area (Å²) in [6.07, 6.45) is 1.94. The van der Waals surface area contributed by atoms with E-state index < -0.39 is 0 Å². The number of aliphatic imine (C=N–C) groups is 1. The lowest BCUT2D eigenvalue weighted by atomic mass is 9.97. The Hall–Kier alpha value is -2.38. The van der Waals surface area contributed by atoms with Crippen LogP contribution in [-0.4, -0.2) is 36.9 Å². The van der Waals surface area contributed by atoms with E-state index in [1.165, 1.54) is 16.0 Å². The fourth-order valence-electron chi connectivity index (χ4n) is 3.72. The quantitative estimate of drug-likeness (QED) is 0.481. The molecule has 1 saturated heterocycles. The summed E-state index contributed by atoms with van der Waals surface area (Å²) in [5, 5.41) is 8.92. The Morgan fingerprint density at radius 2 is 2.17 bits per heavy atom. The molecule has 2 unspecified atom stereocenters. The highest BCUT2D eigenvalue weighted by Gasteiger charge is 2.23. The van der Waals surface area contributed by atoms with Gasteiger partial charge >= 0.3 is 0 Å². The number of amides is 1. The molecule has 0 spiro atoms. The Bertz CT molecular complexity index is 820. The maximum Gasteiger partial charge on any atom is 0.221 e. The van der Waals surface area contributed by atoms with Crippen LogP contribution in [0.2, 0.25) is 0 Å². The molecule has 4 N–H and O–H groups in total. The summed E-state index contributed by atoms with van der Waals surface area (Å²) < 4.78 is 0. The number of thiophene rings is 1. The lowest BCUT2D eigenvalue weighted by Crippen LogP contribution is -2.40. The largest absolute Gasteiger partial charge is 0.369 e. The normalized spacial score (nSPS) is 19.0. The maximum atomic E-state index is 11.5. The lowest BCUT2D eigenvalue weighted by molar-refractivity contribution is -0.123. The van der Waals surface area contributed by atoms with Gasteiger partial charge in [-0.1, -0.05) is 30.3 Å². The van der Waals surface area contributed by atoms with Crippen LogP contribution >= 0.6 is 11.3 Å². The molecule has 1 aliphatic rings. The van der Waals surface area contributed by atoms with Crippen LogP contribution in [-0.2, 0) is 17.9 Å².